The van der Waals surface area contributed by atoms with Crippen LogP contribution in [-0.2, 0) is 4.79 Å². The lowest BCUT2D eigenvalue weighted by Gasteiger charge is -2.31. The molecule has 0 spiro atoms. The first kappa shape index (κ1) is 17.6. The van der Waals surface area contributed by atoms with E-state index in [0.29, 0.717) is 31.6 Å². The fourth-order valence-corrected chi connectivity index (χ4v) is 2.69. The van der Waals surface area contributed by atoms with Gasteiger partial charge < -0.3 is 10.2 Å². The van der Waals surface area contributed by atoms with E-state index < -0.39 is 12.7 Å². The van der Waals surface area contributed by atoms with Crippen LogP contribution < -0.4 is 10.2 Å². The fraction of sp³-hybridized carbons (Fsp3) is 0.562. The molecule has 2 rings (SSSR count). The number of piperidine rings is 1. The van der Waals surface area contributed by atoms with E-state index in [1.165, 1.54) is 4.90 Å². The molecule has 7 heteroatoms. The highest BCUT2D eigenvalue weighted by molar-refractivity contribution is 5.92. The molecule has 1 aromatic carbocycles. The summed E-state index contributed by atoms with van der Waals surface area (Å²) in [6, 6.07) is 7.46. The number of nitrogens with one attached hydrogen (secondary N) is 1. The van der Waals surface area contributed by atoms with Crippen LogP contribution in [0, 0.1) is 5.92 Å². The van der Waals surface area contributed by atoms with Gasteiger partial charge >= 0.3 is 6.18 Å². The molecule has 0 aromatic heterocycles. The van der Waals surface area contributed by atoms with Gasteiger partial charge in [-0.2, -0.15) is 13.2 Å². The average molecular weight is 329 g/mol. The van der Waals surface area contributed by atoms with E-state index in [4.69, 9.17) is 0 Å². The third-order valence-electron chi connectivity index (χ3n) is 4.01. The molecule has 0 atom stereocenters. The molecule has 4 nitrogen and oxygen atoms in total. The molecule has 1 aliphatic rings. The number of carbonyl (C=O) groups excluding carboxylic acids is 1. The summed E-state index contributed by atoms with van der Waals surface area (Å²) in [5, 5.41) is 2.84. The molecule has 0 radical (unpaired) electrons. The molecule has 0 aliphatic carbocycles. The van der Waals surface area contributed by atoms with Gasteiger partial charge in [-0.05, 0) is 50.2 Å². The minimum Gasteiger partial charge on any atom is -0.378 e. The van der Waals surface area contributed by atoms with Gasteiger partial charge in [0.05, 0.1) is 6.54 Å². The van der Waals surface area contributed by atoms with Crippen LogP contribution >= 0.6 is 0 Å². The zero-order chi connectivity index (χ0) is 17.0. The van der Waals surface area contributed by atoms with Gasteiger partial charge in [-0.3, -0.25) is 9.69 Å². The number of rotatable bonds is 4. The van der Waals surface area contributed by atoms with Crippen LogP contribution in [-0.4, -0.2) is 50.7 Å². The SMILES string of the molecule is CN(C)c1ccc(NC(=O)C2CCN(CC(F)(F)F)CC2)cc1. The highest BCUT2D eigenvalue weighted by atomic mass is 19.4. The Morgan fingerprint density at radius 2 is 1.78 bits per heavy atom. The van der Waals surface area contributed by atoms with Gasteiger partial charge in [-0.25, -0.2) is 0 Å². The predicted molar refractivity (Wildman–Crippen MR) is 84.6 cm³/mol. The lowest BCUT2D eigenvalue weighted by molar-refractivity contribution is -0.149. The molecule has 128 valence electrons. The van der Waals surface area contributed by atoms with E-state index in [1.54, 1.807) is 0 Å². The number of alkyl halides is 3. The summed E-state index contributed by atoms with van der Waals surface area (Å²) in [5.41, 5.74) is 1.74. The minimum absolute atomic E-state index is 0.116. The normalized spacial score (nSPS) is 17.1. The van der Waals surface area contributed by atoms with Crippen LogP contribution in [0.25, 0.3) is 0 Å². The zero-order valence-corrected chi connectivity index (χ0v) is 13.4. The Bertz CT molecular complexity index is 520. The molecule has 1 heterocycles. The number of amides is 1. The van der Waals surface area contributed by atoms with E-state index >= 15 is 0 Å². The van der Waals surface area contributed by atoms with Crippen molar-refractivity contribution in [3.8, 4) is 0 Å². The Kier molecular flexibility index (Phi) is 5.51. The molecular formula is C16H22F3N3O. The maximum atomic E-state index is 12.3. The smallest absolute Gasteiger partial charge is 0.378 e. The summed E-state index contributed by atoms with van der Waals surface area (Å²) in [6.07, 6.45) is -3.27. The molecule has 0 unspecified atom stereocenters. The molecule has 1 aromatic rings. The van der Waals surface area contributed by atoms with E-state index in [2.05, 4.69) is 5.32 Å². The summed E-state index contributed by atoms with van der Waals surface area (Å²) in [5.74, 6) is -0.345. The molecular weight excluding hydrogens is 307 g/mol. The van der Waals surface area contributed by atoms with Gasteiger partial charge in [0, 0.05) is 31.4 Å². The molecule has 1 saturated heterocycles. The van der Waals surface area contributed by atoms with E-state index in [1.807, 2.05) is 43.3 Å². The standard InChI is InChI=1S/C16H22F3N3O/c1-21(2)14-5-3-13(4-6-14)20-15(23)12-7-9-22(10-8-12)11-16(17,18)19/h3-6,12H,7-11H2,1-2H3,(H,20,23). The number of anilines is 2. The highest BCUT2D eigenvalue weighted by Gasteiger charge is 2.33. The third-order valence-corrected chi connectivity index (χ3v) is 4.01. The Morgan fingerprint density at radius 1 is 1.22 bits per heavy atom. The second-order valence-corrected chi connectivity index (χ2v) is 6.10. The molecule has 1 N–H and O–H groups in total. The Hall–Kier alpha value is -1.76. The average Bonchev–Trinajstić information content (AvgIpc) is 2.46. The van der Waals surface area contributed by atoms with Crippen molar-refractivity contribution in [2.24, 2.45) is 5.92 Å². The summed E-state index contributed by atoms with van der Waals surface area (Å²) >= 11 is 0. The summed E-state index contributed by atoms with van der Waals surface area (Å²) in [6.45, 7) is -0.290. The summed E-state index contributed by atoms with van der Waals surface area (Å²) < 4.78 is 37.0. The topological polar surface area (TPSA) is 35.6 Å². The fourth-order valence-electron chi connectivity index (χ4n) is 2.69. The van der Waals surface area contributed by atoms with Crippen molar-refractivity contribution < 1.29 is 18.0 Å². The number of benzene rings is 1. The monoisotopic (exact) mass is 329 g/mol. The van der Waals surface area contributed by atoms with Crippen molar-refractivity contribution >= 4 is 17.3 Å². The maximum Gasteiger partial charge on any atom is 0.401 e. The van der Waals surface area contributed by atoms with Gasteiger partial charge in [0.15, 0.2) is 0 Å². The first-order valence-corrected chi connectivity index (χ1v) is 7.62. The number of hydrogen-bond acceptors (Lipinski definition) is 3. The number of nitrogens with zero attached hydrogens (tertiary/aromatic N) is 2. The maximum absolute atomic E-state index is 12.3. The van der Waals surface area contributed by atoms with Crippen molar-refractivity contribution in [3.63, 3.8) is 0 Å². The minimum atomic E-state index is -4.18. The first-order valence-electron chi connectivity index (χ1n) is 7.62. The van der Waals surface area contributed by atoms with Crippen LogP contribution in [0.15, 0.2) is 24.3 Å². The second-order valence-electron chi connectivity index (χ2n) is 6.10. The first-order chi connectivity index (χ1) is 10.7. The Labute approximate surface area is 134 Å². The number of likely N-dealkylation sites (tertiary alicyclic amines) is 1. The van der Waals surface area contributed by atoms with Crippen LogP contribution in [0.3, 0.4) is 0 Å². The van der Waals surface area contributed by atoms with Crippen LogP contribution in [0.5, 0.6) is 0 Å². The highest BCUT2D eigenvalue weighted by Crippen LogP contribution is 2.24. The van der Waals surface area contributed by atoms with Crippen molar-refractivity contribution in [2.45, 2.75) is 19.0 Å². The van der Waals surface area contributed by atoms with Crippen molar-refractivity contribution in [2.75, 3.05) is 43.9 Å². The number of halogens is 3. The molecule has 0 bridgehead atoms. The van der Waals surface area contributed by atoms with E-state index in [9.17, 15) is 18.0 Å². The Balaban J connectivity index is 1.83. The third kappa shape index (κ3) is 5.42. The largest absolute Gasteiger partial charge is 0.401 e. The van der Waals surface area contributed by atoms with Gasteiger partial charge in [-0.15, -0.1) is 0 Å². The number of hydrogen-bond donors (Lipinski definition) is 1. The lowest BCUT2D eigenvalue weighted by Crippen LogP contribution is -2.42. The molecule has 1 amide bonds. The summed E-state index contributed by atoms with van der Waals surface area (Å²) in [7, 11) is 3.87. The van der Waals surface area contributed by atoms with Crippen LogP contribution in [0.2, 0.25) is 0 Å². The van der Waals surface area contributed by atoms with Crippen LogP contribution in [0.1, 0.15) is 12.8 Å². The molecule has 1 fully saturated rings. The van der Waals surface area contributed by atoms with Gasteiger partial charge in [0.25, 0.3) is 0 Å². The molecule has 0 saturated carbocycles. The second kappa shape index (κ2) is 7.21. The molecule has 1 aliphatic heterocycles. The lowest BCUT2D eigenvalue weighted by atomic mass is 9.96. The van der Waals surface area contributed by atoms with E-state index in [-0.39, 0.29) is 11.8 Å². The zero-order valence-electron chi connectivity index (χ0n) is 13.4. The molecule has 23 heavy (non-hydrogen) atoms. The van der Waals surface area contributed by atoms with Gasteiger partial charge in [-0.1, -0.05) is 0 Å². The predicted octanol–water partition coefficient (Wildman–Crippen LogP) is 2.97. The quantitative estimate of drug-likeness (QED) is 0.922. The summed E-state index contributed by atoms with van der Waals surface area (Å²) in [4.78, 5) is 15.5. The van der Waals surface area contributed by atoms with Gasteiger partial charge in [0.2, 0.25) is 5.91 Å². The van der Waals surface area contributed by atoms with E-state index in [0.717, 1.165) is 5.69 Å². The van der Waals surface area contributed by atoms with Crippen molar-refractivity contribution in [3.05, 3.63) is 24.3 Å². The van der Waals surface area contributed by atoms with Gasteiger partial charge in [0.1, 0.15) is 0 Å². The van der Waals surface area contributed by atoms with Crippen LogP contribution in [0.4, 0.5) is 24.5 Å². The number of carbonyl (C=O) groups is 1. The van der Waals surface area contributed by atoms with Crippen molar-refractivity contribution in [1.82, 2.24) is 4.90 Å². The Morgan fingerprint density at radius 3 is 2.26 bits per heavy atom. The van der Waals surface area contributed by atoms with Crippen molar-refractivity contribution in [1.29, 1.82) is 0 Å².